The average Bonchev–Trinajstić information content (AvgIpc) is 3.87. The molecule has 4 aromatic carbocycles. The van der Waals surface area contributed by atoms with Crippen molar-refractivity contribution in [3.05, 3.63) is 96.1 Å². The lowest BCUT2D eigenvalue weighted by Gasteiger charge is -2.09. The van der Waals surface area contributed by atoms with Gasteiger partial charge in [0.25, 0.3) is 0 Å². The molecule has 220 valence electrons. The monoisotopic (exact) mass is 564 g/mol. The third kappa shape index (κ3) is 11.5. The van der Waals surface area contributed by atoms with Crippen molar-refractivity contribution >= 4 is 21.5 Å². The molecule has 4 aliphatic rings. The summed E-state index contributed by atoms with van der Waals surface area (Å²) in [6, 6.07) is 30.4. The van der Waals surface area contributed by atoms with Crippen LogP contribution >= 0.6 is 0 Å². The van der Waals surface area contributed by atoms with Gasteiger partial charge < -0.3 is 37.9 Å². The van der Waals surface area contributed by atoms with Gasteiger partial charge in [-0.1, -0.05) is 84.9 Å². The van der Waals surface area contributed by atoms with Gasteiger partial charge in [0.1, 0.15) is 26.4 Å². The fraction of sp³-hybridized carbons (Fsp3) is 0.394. The van der Waals surface area contributed by atoms with Crippen molar-refractivity contribution in [2.24, 2.45) is 0 Å². The number of hydrogen-bond acceptors (Lipinski definition) is 8. The van der Waals surface area contributed by atoms with Crippen LogP contribution in [0.3, 0.4) is 0 Å². The summed E-state index contributed by atoms with van der Waals surface area (Å²) in [5.74, 6) is 0. The second kappa shape index (κ2) is 16.5. The van der Waals surface area contributed by atoms with Crippen molar-refractivity contribution in [3.63, 3.8) is 0 Å². The van der Waals surface area contributed by atoms with Crippen molar-refractivity contribution in [1.82, 2.24) is 0 Å². The van der Waals surface area contributed by atoms with Gasteiger partial charge in [-0.15, -0.1) is 0 Å². The molecule has 4 aromatic rings. The van der Waals surface area contributed by atoms with E-state index in [0.29, 0.717) is 0 Å². The van der Waals surface area contributed by atoms with Crippen molar-refractivity contribution in [2.75, 3.05) is 54.9 Å². The Hall–Kier alpha value is -2.92. The van der Waals surface area contributed by atoms with Gasteiger partial charge in [-0.25, -0.2) is 0 Å². The van der Waals surface area contributed by atoms with Gasteiger partial charge in [0, 0.05) is 28.4 Å². The molecule has 0 bridgehead atoms. The lowest BCUT2D eigenvalue weighted by Crippen LogP contribution is -1.91. The van der Waals surface area contributed by atoms with E-state index >= 15 is 0 Å². The Bertz CT molecular complexity index is 1180. The Morgan fingerprint density at radius 3 is 1.02 bits per heavy atom. The summed E-state index contributed by atoms with van der Waals surface area (Å²) >= 11 is 0. The van der Waals surface area contributed by atoms with E-state index in [2.05, 4.69) is 123 Å². The number of rotatable bonds is 6. The highest BCUT2D eigenvalue weighted by Crippen LogP contribution is 2.25. The van der Waals surface area contributed by atoms with Gasteiger partial charge in [0.05, 0.1) is 0 Å². The molecule has 0 spiro atoms. The standard InChI is InChI=1S/C21H16.4C3H6O2/c1-3-13-20-16(7-1)9-5-11-18(20)15-19-12-6-10-17-8-2-4-14-21(17)19;4*1-4-3-2-5-3/h1-14H,15H2;4*3H,2H2,1H3. The molecule has 0 amide bonds. The van der Waals surface area contributed by atoms with Crippen LogP contribution in [0.25, 0.3) is 21.5 Å². The SMILES string of the molecule is COC1CO1.COC1CO1.COC1CO1.COC1CO1.c1ccc2c(Cc3cccc4ccccc34)cccc2c1. The van der Waals surface area contributed by atoms with E-state index in [1.54, 1.807) is 28.4 Å². The normalized spacial score (nSPS) is 22.3. The van der Waals surface area contributed by atoms with Crippen LogP contribution in [-0.4, -0.2) is 80.0 Å². The third-order valence-electron chi connectivity index (χ3n) is 6.40. The van der Waals surface area contributed by atoms with Crippen LogP contribution in [-0.2, 0) is 44.3 Å². The summed E-state index contributed by atoms with van der Waals surface area (Å²) in [5.41, 5.74) is 2.79. The summed E-state index contributed by atoms with van der Waals surface area (Å²) in [5, 5.41) is 5.34. The van der Waals surface area contributed by atoms with Crippen LogP contribution in [0.5, 0.6) is 0 Å². The van der Waals surface area contributed by atoms with Gasteiger partial charge in [-0.05, 0) is 39.1 Å². The Balaban J connectivity index is 0.000000154. The summed E-state index contributed by atoms with van der Waals surface area (Å²) in [6.45, 7) is 3.15. The summed E-state index contributed by atoms with van der Waals surface area (Å²) < 4.78 is 37.1. The molecule has 8 rings (SSSR count). The molecule has 4 heterocycles. The molecule has 0 radical (unpaired) electrons. The second-order valence-corrected chi connectivity index (χ2v) is 9.45. The fourth-order valence-electron chi connectivity index (χ4n) is 3.80. The highest BCUT2D eigenvalue weighted by Gasteiger charge is 2.21. The minimum atomic E-state index is 0.134. The maximum atomic E-state index is 4.64. The Morgan fingerprint density at radius 1 is 0.463 bits per heavy atom. The fourth-order valence-corrected chi connectivity index (χ4v) is 3.80. The largest absolute Gasteiger partial charge is 0.354 e. The molecule has 8 heteroatoms. The smallest absolute Gasteiger partial charge is 0.180 e. The van der Waals surface area contributed by atoms with Crippen molar-refractivity contribution in [1.29, 1.82) is 0 Å². The number of hydrogen-bond donors (Lipinski definition) is 0. The van der Waals surface area contributed by atoms with Crippen LogP contribution in [0.15, 0.2) is 84.9 Å². The molecule has 0 saturated carbocycles. The molecule has 0 aromatic heterocycles. The van der Waals surface area contributed by atoms with Gasteiger partial charge in [0.15, 0.2) is 25.2 Å². The molecule has 4 fully saturated rings. The maximum Gasteiger partial charge on any atom is 0.180 e. The molecular formula is C33H40O8. The molecule has 0 N–H and O–H groups in total. The molecule has 4 saturated heterocycles. The van der Waals surface area contributed by atoms with Crippen LogP contribution < -0.4 is 0 Å². The highest BCUT2D eigenvalue weighted by molar-refractivity contribution is 5.89. The zero-order chi connectivity index (χ0) is 28.9. The van der Waals surface area contributed by atoms with Crippen LogP contribution in [0.1, 0.15) is 11.1 Å². The van der Waals surface area contributed by atoms with E-state index in [1.807, 2.05) is 0 Å². The highest BCUT2D eigenvalue weighted by atomic mass is 16.8. The molecule has 4 aliphatic heterocycles. The minimum Gasteiger partial charge on any atom is -0.354 e. The Kier molecular flexibility index (Phi) is 12.5. The van der Waals surface area contributed by atoms with Crippen molar-refractivity contribution in [3.8, 4) is 0 Å². The van der Waals surface area contributed by atoms with Crippen LogP contribution in [0.4, 0.5) is 0 Å². The molecular weight excluding hydrogens is 524 g/mol. The lowest BCUT2D eigenvalue weighted by molar-refractivity contribution is 0.0948. The number of ether oxygens (including phenoxy) is 8. The van der Waals surface area contributed by atoms with E-state index in [0.717, 1.165) is 32.8 Å². The zero-order valence-corrected chi connectivity index (χ0v) is 24.2. The first-order chi connectivity index (χ1) is 20.1. The van der Waals surface area contributed by atoms with Gasteiger partial charge in [0.2, 0.25) is 0 Å². The second-order valence-electron chi connectivity index (χ2n) is 9.45. The Labute approximate surface area is 242 Å². The molecule has 0 aliphatic carbocycles. The predicted octanol–water partition coefficient (Wildman–Crippen LogP) is 5.54. The molecule has 4 atom stereocenters. The van der Waals surface area contributed by atoms with Gasteiger partial charge in [-0.3, -0.25) is 0 Å². The van der Waals surface area contributed by atoms with E-state index in [1.165, 1.54) is 32.7 Å². The summed E-state index contributed by atoms with van der Waals surface area (Å²) in [7, 11) is 6.55. The number of benzene rings is 4. The van der Waals surface area contributed by atoms with Crippen molar-refractivity contribution < 1.29 is 37.9 Å². The lowest BCUT2D eigenvalue weighted by atomic mass is 9.95. The van der Waals surface area contributed by atoms with E-state index in [9.17, 15) is 0 Å². The van der Waals surface area contributed by atoms with E-state index in [-0.39, 0.29) is 25.2 Å². The van der Waals surface area contributed by atoms with Crippen LogP contribution in [0, 0.1) is 0 Å². The average molecular weight is 565 g/mol. The van der Waals surface area contributed by atoms with Crippen LogP contribution in [0.2, 0.25) is 0 Å². The molecule has 41 heavy (non-hydrogen) atoms. The quantitative estimate of drug-likeness (QED) is 0.282. The minimum absolute atomic E-state index is 0.134. The number of methoxy groups -OCH3 is 4. The maximum absolute atomic E-state index is 4.64. The van der Waals surface area contributed by atoms with Gasteiger partial charge in [-0.2, -0.15) is 0 Å². The first-order valence-electron chi connectivity index (χ1n) is 13.7. The Morgan fingerprint density at radius 2 is 0.756 bits per heavy atom. The molecule has 8 nitrogen and oxygen atoms in total. The summed E-state index contributed by atoms with van der Waals surface area (Å²) in [6.07, 6.45) is 1.51. The topological polar surface area (TPSA) is 87.0 Å². The number of epoxide rings is 4. The zero-order valence-electron chi connectivity index (χ0n) is 24.2. The predicted molar refractivity (Wildman–Crippen MR) is 158 cm³/mol. The first-order valence-corrected chi connectivity index (χ1v) is 13.7. The van der Waals surface area contributed by atoms with E-state index < -0.39 is 0 Å². The molecule has 4 unspecified atom stereocenters. The van der Waals surface area contributed by atoms with Gasteiger partial charge >= 0.3 is 0 Å². The first kappa shape index (κ1) is 31.0. The van der Waals surface area contributed by atoms with E-state index in [4.69, 9.17) is 0 Å². The van der Waals surface area contributed by atoms with Crippen molar-refractivity contribution in [2.45, 2.75) is 31.6 Å². The number of fused-ring (bicyclic) bond motifs is 2. The third-order valence-corrected chi connectivity index (χ3v) is 6.40. The summed E-state index contributed by atoms with van der Waals surface area (Å²) in [4.78, 5) is 0.